The van der Waals surface area contributed by atoms with E-state index in [-0.39, 0.29) is 17.7 Å². The monoisotopic (exact) mass is 409 g/mol. The largest absolute Gasteiger partial charge is 0.445 e. The molecule has 0 spiro atoms. The normalized spacial score (nSPS) is 18.2. The van der Waals surface area contributed by atoms with Gasteiger partial charge in [-0.05, 0) is 31.4 Å². The van der Waals surface area contributed by atoms with Crippen molar-refractivity contribution in [3.63, 3.8) is 0 Å². The number of likely N-dealkylation sites (tertiary alicyclic amines) is 1. The first-order valence-corrected chi connectivity index (χ1v) is 10.5. The summed E-state index contributed by atoms with van der Waals surface area (Å²) in [6.07, 6.45) is 5.02. The zero-order chi connectivity index (χ0) is 20.9. The van der Waals surface area contributed by atoms with Crippen LogP contribution >= 0.6 is 0 Å². The van der Waals surface area contributed by atoms with E-state index in [0.29, 0.717) is 56.7 Å². The number of morpholine rings is 1. The number of carbonyl (C=O) groups is 2. The molecule has 0 unspecified atom stereocenters. The van der Waals surface area contributed by atoms with Gasteiger partial charge in [0.1, 0.15) is 5.76 Å². The van der Waals surface area contributed by atoms with Crippen LogP contribution in [0.4, 0.5) is 0 Å². The lowest BCUT2D eigenvalue weighted by Gasteiger charge is -2.29. The number of hydrogen-bond acceptors (Lipinski definition) is 5. The van der Waals surface area contributed by atoms with Crippen LogP contribution in [0, 0.1) is 6.92 Å². The SMILES string of the molecule is Cc1oc(C2CCN(C(=O)C=Cc3ccccc3)CC2)nc1C(=O)N1CCOCC1. The van der Waals surface area contributed by atoms with Gasteiger partial charge in [0.15, 0.2) is 11.6 Å². The fourth-order valence-electron chi connectivity index (χ4n) is 3.89. The third-order valence-electron chi connectivity index (χ3n) is 5.69. The maximum Gasteiger partial charge on any atom is 0.276 e. The topological polar surface area (TPSA) is 75.9 Å². The average Bonchev–Trinajstić information content (AvgIpc) is 3.20. The molecular formula is C23H27N3O4. The van der Waals surface area contributed by atoms with Crippen LogP contribution in [0.15, 0.2) is 40.8 Å². The molecule has 0 N–H and O–H groups in total. The van der Waals surface area contributed by atoms with Gasteiger partial charge in [-0.3, -0.25) is 9.59 Å². The van der Waals surface area contributed by atoms with Crippen LogP contribution in [0.5, 0.6) is 0 Å². The summed E-state index contributed by atoms with van der Waals surface area (Å²) in [5.41, 5.74) is 1.41. The molecule has 1 aromatic heterocycles. The molecule has 0 bridgehead atoms. The van der Waals surface area contributed by atoms with Gasteiger partial charge < -0.3 is 19.0 Å². The van der Waals surface area contributed by atoms with E-state index >= 15 is 0 Å². The fraction of sp³-hybridized carbons (Fsp3) is 0.435. The Hall–Kier alpha value is -2.93. The number of nitrogens with zero attached hydrogens (tertiary/aromatic N) is 3. The minimum absolute atomic E-state index is 0.0177. The molecule has 7 heteroatoms. The molecule has 0 radical (unpaired) electrons. The minimum atomic E-state index is -0.0931. The molecule has 2 amide bonds. The first-order valence-electron chi connectivity index (χ1n) is 10.5. The van der Waals surface area contributed by atoms with Crippen molar-refractivity contribution in [2.45, 2.75) is 25.7 Å². The number of ether oxygens (including phenoxy) is 1. The van der Waals surface area contributed by atoms with Crippen LogP contribution < -0.4 is 0 Å². The van der Waals surface area contributed by atoms with E-state index in [9.17, 15) is 9.59 Å². The second kappa shape index (κ2) is 9.26. The molecule has 2 aromatic rings. The van der Waals surface area contributed by atoms with Gasteiger partial charge in [0.2, 0.25) is 5.91 Å². The summed E-state index contributed by atoms with van der Waals surface area (Å²) >= 11 is 0. The first-order chi connectivity index (χ1) is 14.6. The van der Waals surface area contributed by atoms with Gasteiger partial charge >= 0.3 is 0 Å². The number of hydrogen-bond donors (Lipinski definition) is 0. The third kappa shape index (κ3) is 4.62. The summed E-state index contributed by atoms with van der Waals surface area (Å²) in [7, 11) is 0. The van der Waals surface area contributed by atoms with Crippen LogP contribution in [0.3, 0.4) is 0 Å². The summed E-state index contributed by atoms with van der Waals surface area (Å²) in [5, 5.41) is 0. The van der Waals surface area contributed by atoms with E-state index in [1.165, 1.54) is 0 Å². The molecule has 2 aliphatic heterocycles. The highest BCUT2D eigenvalue weighted by Gasteiger charge is 2.30. The standard InChI is InChI=1S/C23H27N3O4/c1-17-21(23(28)26-13-15-29-16-14-26)24-22(30-17)19-9-11-25(12-10-19)20(27)8-7-18-5-3-2-4-6-18/h2-8,19H,9-16H2,1H3. The Kier molecular flexibility index (Phi) is 6.28. The van der Waals surface area contributed by atoms with E-state index < -0.39 is 0 Å². The Morgan fingerprint density at radius 1 is 1.03 bits per heavy atom. The highest BCUT2D eigenvalue weighted by Crippen LogP contribution is 2.29. The Morgan fingerprint density at radius 2 is 1.73 bits per heavy atom. The average molecular weight is 409 g/mol. The molecule has 1 aromatic carbocycles. The predicted molar refractivity (Wildman–Crippen MR) is 112 cm³/mol. The number of rotatable bonds is 4. The molecule has 158 valence electrons. The number of aryl methyl sites for hydroxylation is 1. The van der Waals surface area contributed by atoms with Crippen molar-refractivity contribution < 1.29 is 18.7 Å². The van der Waals surface area contributed by atoms with Crippen LogP contribution in [0.2, 0.25) is 0 Å². The molecule has 4 rings (SSSR count). The summed E-state index contributed by atoms with van der Waals surface area (Å²) in [4.78, 5) is 33.4. The van der Waals surface area contributed by atoms with Gasteiger partial charge in [0, 0.05) is 38.2 Å². The van der Waals surface area contributed by atoms with Crippen LogP contribution in [0.1, 0.15) is 46.5 Å². The number of oxazole rings is 1. The van der Waals surface area contributed by atoms with Crippen molar-refractivity contribution in [2.24, 2.45) is 0 Å². The number of piperidine rings is 1. The Morgan fingerprint density at radius 3 is 2.43 bits per heavy atom. The number of carbonyl (C=O) groups excluding carboxylic acids is 2. The Labute approximate surface area is 176 Å². The molecule has 2 aliphatic rings. The van der Waals surface area contributed by atoms with Crippen molar-refractivity contribution in [3.8, 4) is 0 Å². The van der Waals surface area contributed by atoms with Gasteiger partial charge in [0.05, 0.1) is 13.2 Å². The summed E-state index contributed by atoms with van der Waals surface area (Å²) < 4.78 is 11.2. The highest BCUT2D eigenvalue weighted by molar-refractivity contribution is 5.93. The molecular weight excluding hydrogens is 382 g/mol. The smallest absolute Gasteiger partial charge is 0.276 e. The van der Waals surface area contributed by atoms with Crippen molar-refractivity contribution in [2.75, 3.05) is 39.4 Å². The first kappa shape index (κ1) is 20.3. The Bertz CT molecular complexity index is 908. The lowest BCUT2D eigenvalue weighted by molar-refractivity contribution is -0.127. The molecule has 30 heavy (non-hydrogen) atoms. The molecule has 0 atom stereocenters. The van der Waals surface area contributed by atoms with E-state index in [4.69, 9.17) is 9.15 Å². The zero-order valence-electron chi connectivity index (χ0n) is 17.3. The van der Waals surface area contributed by atoms with Crippen molar-refractivity contribution >= 4 is 17.9 Å². The lowest BCUT2D eigenvalue weighted by Crippen LogP contribution is -2.41. The van der Waals surface area contributed by atoms with Gasteiger partial charge in [-0.2, -0.15) is 0 Å². The molecule has 2 fully saturated rings. The number of benzene rings is 1. The molecule has 0 saturated carbocycles. The van der Waals surface area contributed by atoms with Crippen LogP contribution in [-0.4, -0.2) is 66.0 Å². The summed E-state index contributed by atoms with van der Waals surface area (Å²) in [6.45, 7) is 5.36. The maximum absolute atomic E-state index is 12.7. The van der Waals surface area contributed by atoms with Gasteiger partial charge in [-0.15, -0.1) is 0 Å². The van der Waals surface area contributed by atoms with Crippen LogP contribution in [-0.2, 0) is 9.53 Å². The van der Waals surface area contributed by atoms with Gasteiger partial charge in [-0.25, -0.2) is 4.98 Å². The van der Waals surface area contributed by atoms with Crippen molar-refractivity contribution in [3.05, 3.63) is 59.3 Å². The fourth-order valence-corrected chi connectivity index (χ4v) is 3.89. The number of amides is 2. The molecule has 7 nitrogen and oxygen atoms in total. The summed E-state index contributed by atoms with van der Waals surface area (Å²) in [5.74, 6) is 1.22. The van der Waals surface area contributed by atoms with E-state index in [1.807, 2.05) is 41.3 Å². The molecule has 3 heterocycles. The molecule has 0 aliphatic carbocycles. The number of aromatic nitrogens is 1. The van der Waals surface area contributed by atoms with Crippen LogP contribution in [0.25, 0.3) is 6.08 Å². The second-order valence-corrected chi connectivity index (χ2v) is 7.71. The third-order valence-corrected chi connectivity index (χ3v) is 5.69. The Balaban J connectivity index is 1.34. The highest BCUT2D eigenvalue weighted by atomic mass is 16.5. The zero-order valence-corrected chi connectivity index (χ0v) is 17.3. The second-order valence-electron chi connectivity index (χ2n) is 7.71. The minimum Gasteiger partial charge on any atom is -0.445 e. The van der Waals surface area contributed by atoms with Gasteiger partial charge in [0.25, 0.3) is 5.91 Å². The molecule has 2 saturated heterocycles. The van der Waals surface area contributed by atoms with Crippen molar-refractivity contribution in [1.82, 2.24) is 14.8 Å². The predicted octanol–water partition coefficient (Wildman–Crippen LogP) is 2.87. The quantitative estimate of drug-likeness (QED) is 0.726. The maximum atomic E-state index is 12.7. The lowest BCUT2D eigenvalue weighted by atomic mass is 9.96. The summed E-state index contributed by atoms with van der Waals surface area (Å²) in [6, 6.07) is 9.79. The van der Waals surface area contributed by atoms with Crippen molar-refractivity contribution in [1.29, 1.82) is 0 Å². The van der Waals surface area contributed by atoms with E-state index in [0.717, 1.165) is 18.4 Å². The van der Waals surface area contributed by atoms with Gasteiger partial charge in [-0.1, -0.05) is 30.3 Å². The van der Waals surface area contributed by atoms with E-state index in [1.54, 1.807) is 17.9 Å². The van der Waals surface area contributed by atoms with E-state index in [2.05, 4.69) is 4.98 Å².